The Labute approximate surface area is 117 Å². The Morgan fingerprint density at radius 3 is 3.05 bits per heavy atom. The Hall–Kier alpha value is -1.62. The molecule has 19 heavy (non-hydrogen) atoms. The molecule has 6 heteroatoms. The van der Waals surface area contributed by atoms with Crippen molar-refractivity contribution in [1.29, 1.82) is 0 Å². The van der Waals surface area contributed by atoms with E-state index in [1.165, 1.54) is 0 Å². The molecule has 0 saturated carbocycles. The van der Waals surface area contributed by atoms with Gasteiger partial charge in [-0.15, -0.1) is 0 Å². The summed E-state index contributed by atoms with van der Waals surface area (Å²) >= 11 is 5.76. The van der Waals surface area contributed by atoms with Crippen LogP contribution >= 0.6 is 11.6 Å². The lowest BCUT2D eigenvalue weighted by atomic mass is 9.89. The molecule has 0 spiro atoms. The quantitative estimate of drug-likeness (QED) is 0.486. The molecule has 1 saturated heterocycles. The summed E-state index contributed by atoms with van der Waals surface area (Å²) in [6, 6.07) is 3.67. The summed E-state index contributed by atoms with van der Waals surface area (Å²) in [5.41, 5.74) is 1.85. The fourth-order valence-electron chi connectivity index (χ4n) is 2.49. The highest BCUT2D eigenvalue weighted by atomic mass is 35.5. The first-order valence-corrected chi connectivity index (χ1v) is 6.61. The average Bonchev–Trinajstić information content (AvgIpc) is 2.36. The van der Waals surface area contributed by atoms with Gasteiger partial charge in [0.2, 0.25) is 0 Å². The fourth-order valence-corrected chi connectivity index (χ4v) is 2.61. The predicted molar refractivity (Wildman–Crippen MR) is 73.4 cm³/mol. The maximum atomic E-state index is 10.7. The minimum atomic E-state index is -0.371. The Balaban J connectivity index is 2.16. The third kappa shape index (κ3) is 3.67. The number of likely N-dealkylation sites (tertiary alicyclic amines) is 1. The van der Waals surface area contributed by atoms with Crippen molar-refractivity contribution in [1.82, 2.24) is 9.88 Å². The van der Waals surface area contributed by atoms with Crippen LogP contribution in [-0.4, -0.2) is 28.4 Å². The van der Waals surface area contributed by atoms with Gasteiger partial charge >= 0.3 is 0 Å². The van der Waals surface area contributed by atoms with Gasteiger partial charge in [0.25, 0.3) is 6.20 Å². The van der Waals surface area contributed by atoms with Crippen molar-refractivity contribution in [2.24, 2.45) is 5.92 Å². The third-order valence-electron chi connectivity index (χ3n) is 3.41. The highest BCUT2D eigenvalue weighted by molar-refractivity contribution is 6.29. The number of allylic oxidation sites excluding steroid dienone is 1. The molecule has 1 aromatic heterocycles. The van der Waals surface area contributed by atoms with E-state index in [9.17, 15) is 10.1 Å². The zero-order valence-corrected chi connectivity index (χ0v) is 11.5. The lowest BCUT2D eigenvalue weighted by Crippen LogP contribution is -2.31. The van der Waals surface area contributed by atoms with E-state index in [0.29, 0.717) is 5.15 Å². The third-order valence-corrected chi connectivity index (χ3v) is 3.64. The van der Waals surface area contributed by atoms with Gasteiger partial charge in [0, 0.05) is 25.7 Å². The molecule has 0 aliphatic carbocycles. The summed E-state index contributed by atoms with van der Waals surface area (Å²) in [6.45, 7) is 0.870. The van der Waals surface area contributed by atoms with Gasteiger partial charge in [-0.05, 0) is 30.9 Å². The lowest BCUT2D eigenvalue weighted by Gasteiger charge is -2.32. The van der Waals surface area contributed by atoms with Gasteiger partial charge in [-0.25, -0.2) is 4.98 Å². The molecule has 2 rings (SSSR count). The molecule has 5 nitrogen and oxygen atoms in total. The van der Waals surface area contributed by atoms with Crippen molar-refractivity contribution >= 4 is 11.6 Å². The molecule has 1 unspecified atom stereocenters. The maximum absolute atomic E-state index is 10.7. The number of aromatic nitrogens is 1. The van der Waals surface area contributed by atoms with Gasteiger partial charge in [0.15, 0.2) is 0 Å². The van der Waals surface area contributed by atoms with Crippen molar-refractivity contribution in [2.45, 2.75) is 19.3 Å². The smallest absolute Gasteiger partial charge is 0.253 e. The highest BCUT2D eigenvalue weighted by Gasteiger charge is 2.25. The first-order chi connectivity index (χ1) is 9.06. The van der Waals surface area contributed by atoms with Crippen LogP contribution in [0.15, 0.2) is 30.2 Å². The number of nitro groups is 1. The second kappa shape index (κ2) is 6.02. The Bertz CT molecular complexity index is 487. The van der Waals surface area contributed by atoms with E-state index >= 15 is 0 Å². The van der Waals surface area contributed by atoms with Crippen LogP contribution in [0.1, 0.15) is 18.4 Å². The second-order valence-corrected chi connectivity index (χ2v) is 5.18. The molecule has 1 fully saturated rings. The molecular weight excluding hydrogens is 266 g/mol. The van der Waals surface area contributed by atoms with Gasteiger partial charge < -0.3 is 4.90 Å². The average molecular weight is 282 g/mol. The van der Waals surface area contributed by atoms with E-state index in [1.54, 1.807) is 12.3 Å². The van der Waals surface area contributed by atoms with Crippen LogP contribution < -0.4 is 0 Å². The number of piperidine rings is 1. The zero-order valence-electron chi connectivity index (χ0n) is 10.8. The summed E-state index contributed by atoms with van der Waals surface area (Å²) in [4.78, 5) is 16.4. The number of hydrogen-bond donors (Lipinski definition) is 0. The van der Waals surface area contributed by atoms with E-state index in [1.807, 2.05) is 18.0 Å². The van der Waals surface area contributed by atoms with E-state index < -0.39 is 0 Å². The number of hydrogen-bond acceptors (Lipinski definition) is 4. The summed E-state index contributed by atoms with van der Waals surface area (Å²) in [7, 11) is 1.90. The van der Waals surface area contributed by atoms with E-state index in [4.69, 9.17) is 11.6 Å². The largest absolute Gasteiger partial charge is 0.373 e. The Kier molecular flexibility index (Phi) is 4.37. The van der Waals surface area contributed by atoms with E-state index in [-0.39, 0.29) is 10.8 Å². The lowest BCUT2D eigenvalue weighted by molar-refractivity contribution is -0.405. The number of pyridine rings is 1. The predicted octanol–water partition coefficient (Wildman–Crippen LogP) is 2.74. The molecule has 1 aliphatic rings. The molecule has 1 aliphatic heterocycles. The van der Waals surface area contributed by atoms with Gasteiger partial charge in [0.1, 0.15) is 5.15 Å². The summed E-state index contributed by atoms with van der Waals surface area (Å²) in [5, 5.41) is 11.2. The van der Waals surface area contributed by atoms with E-state index in [2.05, 4.69) is 4.98 Å². The maximum Gasteiger partial charge on any atom is 0.253 e. The minimum absolute atomic E-state index is 0.173. The van der Waals surface area contributed by atoms with Crippen LogP contribution in [0.2, 0.25) is 5.15 Å². The Morgan fingerprint density at radius 1 is 1.63 bits per heavy atom. The van der Waals surface area contributed by atoms with Gasteiger partial charge in [-0.3, -0.25) is 10.1 Å². The van der Waals surface area contributed by atoms with Crippen LogP contribution in [0.4, 0.5) is 0 Å². The zero-order chi connectivity index (χ0) is 13.8. The van der Waals surface area contributed by atoms with Gasteiger partial charge in [0.05, 0.1) is 10.6 Å². The first kappa shape index (κ1) is 13.8. The summed E-state index contributed by atoms with van der Waals surface area (Å²) in [5.74, 6) is 0.173. The number of nitrogens with zero attached hydrogens (tertiary/aromatic N) is 3. The molecule has 0 N–H and O–H groups in total. The molecule has 2 heterocycles. The molecule has 102 valence electrons. The second-order valence-electron chi connectivity index (χ2n) is 4.79. The SMILES string of the molecule is CN1CCCC(Cc2ccc(Cl)nc2)C1=C[N+](=O)[O-]. The van der Waals surface area contributed by atoms with Crippen LogP contribution in [0.25, 0.3) is 0 Å². The fraction of sp³-hybridized carbons (Fsp3) is 0.462. The topological polar surface area (TPSA) is 59.3 Å². The van der Waals surface area contributed by atoms with Crippen LogP contribution in [0.3, 0.4) is 0 Å². The normalized spacial score (nSPS) is 21.7. The molecule has 0 bridgehead atoms. The number of rotatable bonds is 3. The molecule has 0 radical (unpaired) electrons. The van der Waals surface area contributed by atoms with Crippen LogP contribution in [-0.2, 0) is 6.42 Å². The summed E-state index contributed by atoms with van der Waals surface area (Å²) < 4.78 is 0. The Morgan fingerprint density at radius 2 is 2.42 bits per heavy atom. The molecule has 1 aromatic rings. The standard InChI is InChI=1S/C13H16ClN3O2/c1-16-6-2-3-11(12(16)9-17(18)19)7-10-4-5-13(14)15-8-10/h4-5,8-9,11H,2-3,6-7H2,1H3. The van der Waals surface area contributed by atoms with Gasteiger partial charge in [-0.2, -0.15) is 0 Å². The first-order valence-electron chi connectivity index (χ1n) is 6.23. The summed E-state index contributed by atoms with van der Waals surface area (Å²) in [6.07, 6.45) is 5.64. The monoisotopic (exact) mass is 281 g/mol. The van der Waals surface area contributed by atoms with Gasteiger partial charge in [-0.1, -0.05) is 17.7 Å². The van der Waals surface area contributed by atoms with Crippen molar-refractivity contribution in [2.75, 3.05) is 13.6 Å². The van der Waals surface area contributed by atoms with Crippen molar-refractivity contribution < 1.29 is 4.92 Å². The molecule has 1 atom stereocenters. The van der Waals surface area contributed by atoms with E-state index in [0.717, 1.165) is 43.3 Å². The molecular formula is C13H16ClN3O2. The molecule has 0 aromatic carbocycles. The highest BCUT2D eigenvalue weighted by Crippen LogP contribution is 2.29. The van der Waals surface area contributed by atoms with Crippen molar-refractivity contribution in [3.63, 3.8) is 0 Å². The number of halogens is 1. The molecule has 0 amide bonds. The van der Waals surface area contributed by atoms with Crippen LogP contribution in [0, 0.1) is 16.0 Å². The van der Waals surface area contributed by atoms with Crippen molar-refractivity contribution in [3.05, 3.63) is 51.1 Å². The van der Waals surface area contributed by atoms with Crippen molar-refractivity contribution in [3.8, 4) is 0 Å². The minimum Gasteiger partial charge on any atom is -0.373 e. The van der Waals surface area contributed by atoms with Crippen LogP contribution in [0.5, 0.6) is 0 Å².